The number of hydrogen-bond acceptors (Lipinski definition) is 4. The lowest BCUT2D eigenvalue weighted by molar-refractivity contribution is -0.138. The van der Waals surface area contributed by atoms with E-state index in [0.29, 0.717) is 25.3 Å². The van der Waals surface area contributed by atoms with Crippen LogP contribution in [0.1, 0.15) is 29.9 Å². The first kappa shape index (κ1) is 17.3. The van der Waals surface area contributed by atoms with Gasteiger partial charge in [0.05, 0.1) is 12.1 Å². The number of hydrogen-bond donors (Lipinski definition) is 2. The number of rotatable bonds is 5. The number of likely N-dealkylation sites (tertiary alicyclic amines) is 1. The minimum Gasteiger partial charge on any atom is -0.361 e. The van der Waals surface area contributed by atoms with Gasteiger partial charge in [-0.15, -0.1) is 0 Å². The fourth-order valence-electron chi connectivity index (χ4n) is 3.67. The number of aromatic nitrogens is 2. The average molecular weight is 366 g/mol. The van der Waals surface area contributed by atoms with E-state index in [0.717, 1.165) is 28.6 Å². The van der Waals surface area contributed by atoms with Crippen molar-refractivity contribution in [2.45, 2.75) is 38.8 Å². The van der Waals surface area contributed by atoms with Crippen LogP contribution in [0.2, 0.25) is 0 Å². The van der Waals surface area contributed by atoms with Gasteiger partial charge in [0.2, 0.25) is 11.8 Å². The van der Waals surface area contributed by atoms with Crippen LogP contribution in [0.15, 0.2) is 41.1 Å². The zero-order valence-electron chi connectivity index (χ0n) is 15.2. The zero-order valence-corrected chi connectivity index (χ0v) is 15.2. The van der Waals surface area contributed by atoms with E-state index >= 15 is 0 Å². The molecule has 1 atom stereocenters. The lowest BCUT2D eigenvalue weighted by Crippen LogP contribution is -2.46. The van der Waals surface area contributed by atoms with Crippen LogP contribution in [0.3, 0.4) is 0 Å². The molecule has 2 aromatic heterocycles. The largest absolute Gasteiger partial charge is 0.361 e. The summed E-state index contributed by atoms with van der Waals surface area (Å²) in [6.07, 6.45) is 3.55. The van der Waals surface area contributed by atoms with Gasteiger partial charge in [-0.1, -0.05) is 23.4 Å². The number of fused-ring (bicyclic) bond motifs is 1. The summed E-state index contributed by atoms with van der Waals surface area (Å²) in [4.78, 5) is 30.2. The van der Waals surface area contributed by atoms with Crippen LogP contribution in [0.25, 0.3) is 10.9 Å². The van der Waals surface area contributed by atoms with E-state index in [1.807, 2.05) is 37.4 Å². The van der Waals surface area contributed by atoms with Crippen LogP contribution in [0, 0.1) is 6.92 Å². The molecule has 0 spiro atoms. The van der Waals surface area contributed by atoms with Gasteiger partial charge in [0.25, 0.3) is 0 Å². The van der Waals surface area contributed by atoms with Crippen molar-refractivity contribution in [3.8, 4) is 0 Å². The number of carbonyl (C=O) groups excluding carboxylic acids is 2. The highest BCUT2D eigenvalue weighted by atomic mass is 16.5. The van der Waals surface area contributed by atoms with Crippen LogP contribution in [-0.2, 0) is 22.6 Å². The Hall–Kier alpha value is -3.09. The highest BCUT2D eigenvalue weighted by Crippen LogP contribution is 2.21. The topological polar surface area (TPSA) is 91.2 Å². The number of carbonyl (C=O) groups is 2. The lowest BCUT2D eigenvalue weighted by Gasteiger charge is -2.23. The van der Waals surface area contributed by atoms with Gasteiger partial charge < -0.3 is 19.7 Å². The molecule has 7 nitrogen and oxygen atoms in total. The molecule has 3 aromatic rings. The van der Waals surface area contributed by atoms with Gasteiger partial charge in [-0.05, 0) is 31.4 Å². The Balaban J connectivity index is 1.39. The molecular formula is C20H22N4O3. The summed E-state index contributed by atoms with van der Waals surface area (Å²) in [5.41, 5.74) is 2.82. The van der Waals surface area contributed by atoms with E-state index in [1.54, 1.807) is 11.0 Å². The van der Waals surface area contributed by atoms with Crippen LogP contribution in [0.4, 0.5) is 0 Å². The summed E-state index contributed by atoms with van der Waals surface area (Å²) in [6, 6.07) is 9.30. The standard InChI is InChI=1S/C20H22N4O3/c1-13-9-15(27-23-13)10-19(25)24-8-4-7-18(24)20(26)22-12-14-11-21-17-6-3-2-5-16(14)17/h2-3,5-6,9,11,18,21H,4,7-8,10,12H2,1H3,(H,22,26). The molecule has 1 aliphatic rings. The number of aromatic amines is 1. The normalized spacial score (nSPS) is 16.8. The van der Waals surface area contributed by atoms with Gasteiger partial charge in [0.15, 0.2) is 0 Å². The first-order chi connectivity index (χ1) is 13.1. The second-order valence-electron chi connectivity index (χ2n) is 6.93. The first-order valence-electron chi connectivity index (χ1n) is 9.16. The first-order valence-corrected chi connectivity index (χ1v) is 9.16. The molecule has 27 heavy (non-hydrogen) atoms. The second kappa shape index (κ2) is 7.26. The summed E-state index contributed by atoms with van der Waals surface area (Å²) >= 11 is 0. The average Bonchev–Trinajstić information content (AvgIpc) is 3.39. The summed E-state index contributed by atoms with van der Waals surface area (Å²) in [5, 5.41) is 7.88. The maximum atomic E-state index is 12.7. The Morgan fingerprint density at radius 2 is 2.22 bits per heavy atom. The molecule has 3 heterocycles. The fourth-order valence-corrected chi connectivity index (χ4v) is 3.67. The molecule has 2 N–H and O–H groups in total. The Labute approximate surface area is 156 Å². The van der Waals surface area contributed by atoms with Crippen molar-refractivity contribution in [3.63, 3.8) is 0 Å². The Morgan fingerprint density at radius 1 is 1.37 bits per heavy atom. The minimum absolute atomic E-state index is 0.101. The number of nitrogens with zero attached hydrogens (tertiary/aromatic N) is 2. The predicted octanol–water partition coefficient (Wildman–Crippen LogP) is 2.31. The van der Waals surface area contributed by atoms with Gasteiger partial charge in [-0.3, -0.25) is 9.59 Å². The van der Waals surface area contributed by atoms with Crippen molar-refractivity contribution in [1.29, 1.82) is 0 Å². The molecule has 2 amide bonds. The molecule has 0 aliphatic carbocycles. The van der Waals surface area contributed by atoms with E-state index in [-0.39, 0.29) is 18.2 Å². The fraction of sp³-hybridized carbons (Fsp3) is 0.350. The van der Waals surface area contributed by atoms with Crippen molar-refractivity contribution in [3.05, 3.63) is 53.5 Å². The molecule has 1 fully saturated rings. The van der Waals surface area contributed by atoms with Crippen molar-refractivity contribution < 1.29 is 14.1 Å². The predicted molar refractivity (Wildman–Crippen MR) is 99.8 cm³/mol. The molecule has 0 radical (unpaired) electrons. The van der Waals surface area contributed by atoms with Gasteiger partial charge >= 0.3 is 0 Å². The molecule has 0 bridgehead atoms. The van der Waals surface area contributed by atoms with E-state index in [9.17, 15) is 9.59 Å². The smallest absolute Gasteiger partial charge is 0.243 e. The van der Waals surface area contributed by atoms with Crippen molar-refractivity contribution in [2.24, 2.45) is 0 Å². The third kappa shape index (κ3) is 3.58. The molecule has 7 heteroatoms. The number of aryl methyl sites for hydroxylation is 1. The van der Waals surface area contributed by atoms with E-state index < -0.39 is 6.04 Å². The molecule has 1 aromatic carbocycles. The number of H-pyrrole nitrogens is 1. The number of nitrogens with one attached hydrogen (secondary N) is 2. The molecule has 1 aliphatic heterocycles. The van der Waals surface area contributed by atoms with Crippen LogP contribution in [0.5, 0.6) is 0 Å². The molecule has 4 rings (SSSR count). The highest BCUT2D eigenvalue weighted by Gasteiger charge is 2.34. The number of benzene rings is 1. The van der Waals surface area contributed by atoms with E-state index in [2.05, 4.69) is 15.5 Å². The summed E-state index contributed by atoms with van der Waals surface area (Å²) in [7, 11) is 0. The summed E-state index contributed by atoms with van der Waals surface area (Å²) < 4.78 is 5.13. The summed E-state index contributed by atoms with van der Waals surface area (Å²) in [6.45, 7) is 2.84. The number of para-hydroxylation sites is 1. The highest BCUT2D eigenvalue weighted by molar-refractivity contribution is 5.89. The monoisotopic (exact) mass is 366 g/mol. The van der Waals surface area contributed by atoms with Gasteiger partial charge in [0.1, 0.15) is 11.8 Å². The van der Waals surface area contributed by atoms with Gasteiger partial charge in [0, 0.05) is 36.3 Å². The quantitative estimate of drug-likeness (QED) is 0.725. The van der Waals surface area contributed by atoms with Crippen molar-refractivity contribution in [2.75, 3.05) is 6.54 Å². The second-order valence-corrected chi connectivity index (χ2v) is 6.93. The van der Waals surface area contributed by atoms with E-state index in [4.69, 9.17) is 4.52 Å². The SMILES string of the molecule is Cc1cc(CC(=O)N2CCCC2C(=O)NCc2c[nH]c3ccccc23)on1. The Kier molecular flexibility index (Phi) is 4.66. The molecule has 1 unspecified atom stereocenters. The number of amides is 2. The molecule has 0 saturated carbocycles. The van der Waals surface area contributed by atoms with Gasteiger partial charge in [-0.2, -0.15) is 0 Å². The molecule has 140 valence electrons. The third-order valence-electron chi connectivity index (χ3n) is 5.01. The molecular weight excluding hydrogens is 344 g/mol. The Bertz CT molecular complexity index is 974. The Morgan fingerprint density at radius 3 is 3.04 bits per heavy atom. The zero-order chi connectivity index (χ0) is 18.8. The maximum absolute atomic E-state index is 12.7. The third-order valence-corrected chi connectivity index (χ3v) is 5.01. The lowest BCUT2D eigenvalue weighted by atomic mass is 10.1. The summed E-state index contributed by atoms with van der Waals surface area (Å²) in [5.74, 6) is 0.318. The maximum Gasteiger partial charge on any atom is 0.243 e. The van der Waals surface area contributed by atoms with Crippen LogP contribution < -0.4 is 5.32 Å². The van der Waals surface area contributed by atoms with E-state index in [1.165, 1.54) is 0 Å². The van der Waals surface area contributed by atoms with Crippen LogP contribution >= 0.6 is 0 Å². The minimum atomic E-state index is -0.424. The van der Waals surface area contributed by atoms with Crippen LogP contribution in [-0.4, -0.2) is 39.4 Å². The van der Waals surface area contributed by atoms with Crippen molar-refractivity contribution in [1.82, 2.24) is 20.4 Å². The van der Waals surface area contributed by atoms with Crippen molar-refractivity contribution >= 4 is 22.7 Å². The van der Waals surface area contributed by atoms with Gasteiger partial charge in [-0.25, -0.2) is 0 Å². The molecule has 1 saturated heterocycles.